The number of sulfonamides is 1. The van der Waals surface area contributed by atoms with Gasteiger partial charge in [-0.2, -0.15) is 5.10 Å². The normalized spacial score (nSPS) is 12.6. The summed E-state index contributed by atoms with van der Waals surface area (Å²) in [7, 11) is -7.49. The number of nitrogens with one attached hydrogen (secondary N) is 1. The minimum Gasteiger partial charge on any atom is -0.278 e. The largest absolute Gasteiger partial charge is 0.278 e. The van der Waals surface area contributed by atoms with Crippen LogP contribution in [0.1, 0.15) is 11.1 Å². The van der Waals surface area contributed by atoms with Crippen LogP contribution in [0.2, 0.25) is 0 Å². The van der Waals surface area contributed by atoms with Crippen molar-refractivity contribution in [2.45, 2.75) is 16.7 Å². The standard InChI is InChI=1S/C25H23N3O4S2/c1-18-6-12-23(13-7-18)33(29,30)17-25(21-9-8-19-4-2-3-5-20(19)16-21)28-27-22-10-14-24(15-11-22)34(26,31)32/h2-16,27H,17H2,1H3,(H2,26,31,32)/b28-25+. The molecule has 0 bridgehead atoms. The Morgan fingerprint density at radius 3 is 2.06 bits per heavy atom. The molecule has 0 spiro atoms. The topological polar surface area (TPSA) is 119 Å². The highest BCUT2D eigenvalue weighted by Gasteiger charge is 2.20. The maximum Gasteiger partial charge on any atom is 0.238 e. The third-order valence-electron chi connectivity index (χ3n) is 5.29. The minimum atomic E-state index is -3.82. The fourth-order valence-corrected chi connectivity index (χ4v) is 5.23. The molecule has 7 nitrogen and oxygen atoms in total. The van der Waals surface area contributed by atoms with E-state index in [1.54, 1.807) is 24.3 Å². The van der Waals surface area contributed by atoms with Crippen LogP contribution in [-0.2, 0) is 19.9 Å². The molecule has 0 saturated heterocycles. The molecule has 174 valence electrons. The van der Waals surface area contributed by atoms with Gasteiger partial charge < -0.3 is 0 Å². The molecule has 0 aliphatic carbocycles. The summed E-state index contributed by atoms with van der Waals surface area (Å²) in [5, 5.41) is 11.5. The van der Waals surface area contributed by atoms with Gasteiger partial charge in [0.1, 0.15) is 0 Å². The Kier molecular flexibility index (Phi) is 6.52. The van der Waals surface area contributed by atoms with Crippen molar-refractivity contribution >= 4 is 42.0 Å². The number of anilines is 1. The predicted octanol–water partition coefficient (Wildman–Crippen LogP) is 4.09. The van der Waals surface area contributed by atoms with Crippen molar-refractivity contribution in [3.05, 3.63) is 102 Å². The number of nitrogens with zero attached hydrogens (tertiary/aromatic N) is 1. The fourth-order valence-electron chi connectivity index (χ4n) is 3.41. The molecule has 4 aromatic carbocycles. The molecule has 0 saturated carbocycles. The lowest BCUT2D eigenvalue weighted by Gasteiger charge is -2.11. The van der Waals surface area contributed by atoms with Crippen molar-refractivity contribution in [1.29, 1.82) is 0 Å². The molecule has 0 atom stereocenters. The molecule has 3 N–H and O–H groups in total. The summed E-state index contributed by atoms with van der Waals surface area (Å²) in [6.45, 7) is 1.89. The maximum absolute atomic E-state index is 13.2. The second kappa shape index (κ2) is 9.38. The van der Waals surface area contributed by atoms with Gasteiger partial charge in [-0.3, -0.25) is 5.43 Å². The van der Waals surface area contributed by atoms with E-state index in [1.807, 2.05) is 49.4 Å². The summed E-state index contributed by atoms with van der Waals surface area (Å²) in [4.78, 5) is 0.183. The molecule has 0 heterocycles. The van der Waals surface area contributed by atoms with Crippen LogP contribution in [0.4, 0.5) is 5.69 Å². The molecule has 0 aliphatic rings. The van der Waals surface area contributed by atoms with Crippen LogP contribution in [0.3, 0.4) is 0 Å². The third kappa shape index (κ3) is 5.51. The number of benzene rings is 4. The number of nitrogens with two attached hydrogens (primary N) is 1. The number of primary sulfonamides is 1. The zero-order valence-corrected chi connectivity index (χ0v) is 20.0. The molecule has 4 rings (SSSR count). The first-order valence-corrected chi connectivity index (χ1v) is 13.6. The summed E-state index contributed by atoms with van der Waals surface area (Å²) < 4.78 is 49.3. The zero-order valence-electron chi connectivity index (χ0n) is 18.3. The zero-order chi connectivity index (χ0) is 24.3. The Bertz CT molecular complexity index is 1580. The van der Waals surface area contributed by atoms with Crippen molar-refractivity contribution in [2.75, 3.05) is 11.2 Å². The van der Waals surface area contributed by atoms with Gasteiger partial charge >= 0.3 is 0 Å². The van der Waals surface area contributed by atoms with Gasteiger partial charge in [-0.25, -0.2) is 22.0 Å². The van der Waals surface area contributed by atoms with Crippen molar-refractivity contribution < 1.29 is 16.8 Å². The number of rotatable bonds is 7. The van der Waals surface area contributed by atoms with E-state index in [0.29, 0.717) is 17.0 Å². The summed E-state index contributed by atoms with van der Waals surface area (Å²) in [6.07, 6.45) is 0. The Balaban J connectivity index is 1.71. The molecule has 0 fully saturated rings. The molecule has 4 aromatic rings. The number of hydrogen-bond acceptors (Lipinski definition) is 6. The van der Waals surface area contributed by atoms with Gasteiger partial charge in [0.25, 0.3) is 0 Å². The van der Waals surface area contributed by atoms with Gasteiger partial charge in [-0.1, -0.05) is 54.1 Å². The third-order valence-corrected chi connectivity index (χ3v) is 7.87. The SMILES string of the molecule is Cc1ccc(S(=O)(=O)C/C(=N\Nc2ccc(S(N)(=O)=O)cc2)c2ccc3ccccc3c2)cc1. The van der Waals surface area contributed by atoms with E-state index in [-0.39, 0.29) is 15.5 Å². The predicted molar refractivity (Wildman–Crippen MR) is 135 cm³/mol. The molecule has 0 amide bonds. The second-order valence-corrected chi connectivity index (χ2v) is 11.4. The van der Waals surface area contributed by atoms with Gasteiger partial charge in [0.2, 0.25) is 10.0 Å². The van der Waals surface area contributed by atoms with Crippen LogP contribution in [0, 0.1) is 6.92 Å². The Labute approximate surface area is 198 Å². The van der Waals surface area contributed by atoms with Crippen LogP contribution in [-0.4, -0.2) is 28.3 Å². The van der Waals surface area contributed by atoms with Crippen LogP contribution in [0.25, 0.3) is 10.8 Å². The molecule has 0 radical (unpaired) electrons. The lowest BCUT2D eigenvalue weighted by Crippen LogP contribution is -2.19. The summed E-state index contributed by atoms with van der Waals surface area (Å²) >= 11 is 0. The number of fused-ring (bicyclic) bond motifs is 1. The lowest BCUT2D eigenvalue weighted by molar-refractivity contribution is 0.596. The van der Waals surface area contributed by atoms with E-state index in [0.717, 1.165) is 16.3 Å². The summed E-state index contributed by atoms with van der Waals surface area (Å²) in [5.74, 6) is -0.323. The van der Waals surface area contributed by atoms with Gasteiger partial charge in [0.15, 0.2) is 9.84 Å². The smallest absolute Gasteiger partial charge is 0.238 e. The molecular formula is C25H23N3O4S2. The molecule has 0 aromatic heterocycles. The maximum atomic E-state index is 13.2. The lowest BCUT2D eigenvalue weighted by atomic mass is 10.0. The molecular weight excluding hydrogens is 470 g/mol. The number of sulfone groups is 1. The summed E-state index contributed by atoms with van der Waals surface area (Å²) in [5.41, 5.74) is 5.27. The minimum absolute atomic E-state index is 0.0290. The van der Waals surface area contributed by atoms with E-state index < -0.39 is 19.9 Å². The number of hydrazone groups is 1. The van der Waals surface area contributed by atoms with Crippen molar-refractivity contribution in [3.63, 3.8) is 0 Å². The van der Waals surface area contributed by atoms with Crippen LogP contribution >= 0.6 is 0 Å². The van der Waals surface area contributed by atoms with Crippen LogP contribution < -0.4 is 10.6 Å². The van der Waals surface area contributed by atoms with E-state index in [9.17, 15) is 16.8 Å². The van der Waals surface area contributed by atoms with Crippen LogP contribution in [0.15, 0.2) is 106 Å². The van der Waals surface area contributed by atoms with E-state index in [4.69, 9.17) is 5.14 Å². The number of aryl methyl sites for hydroxylation is 1. The highest BCUT2D eigenvalue weighted by molar-refractivity contribution is 7.92. The van der Waals surface area contributed by atoms with E-state index >= 15 is 0 Å². The van der Waals surface area contributed by atoms with Crippen molar-refractivity contribution in [3.8, 4) is 0 Å². The molecule has 9 heteroatoms. The Morgan fingerprint density at radius 2 is 1.41 bits per heavy atom. The number of hydrogen-bond donors (Lipinski definition) is 2. The first-order chi connectivity index (χ1) is 16.1. The van der Waals surface area contributed by atoms with Gasteiger partial charge in [0, 0.05) is 0 Å². The van der Waals surface area contributed by atoms with Crippen molar-refractivity contribution in [1.82, 2.24) is 0 Å². The average Bonchev–Trinajstić information content (AvgIpc) is 2.81. The van der Waals surface area contributed by atoms with Gasteiger partial charge in [-0.05, 0) is 65.7 Å². The Morgan fingerprint density at radius 1 is 0.794 bits per heavy atom. The van der Waals surface area contributed by atoms with Gasteiger partial charge in [0.05, 0.1) is 26.9 Å². The highest BCUT2D eigenvalue weighted by Crippen LogP contribution is 2.20. The second-order valence-electron chi connectivity index (χ2n) is 7.87. The molecule has 0 aliphatic heterocycles. The quantitative estimate of drug-likeness (QED) is 0.297. The molecule has 34 heavy (non-hydrogen) atoms. The van der Waals surface area contributed by atoms with E-state index in [2.05, 4.69) is 10.5 Å². The fraction of sp³-hybridized carbons (Fsp3) is 0.0800. The van der Waals surface area contributed by atoms with Crippen LogP contribution in [0.5, 0.6) is 0 Å². The van der Waals surface area contributed by atoms with Crippen molar-refractivity contribution in [2.24, 2.45) is 10.2 Å². The molecule has 0 unspecified atom stereocenters. The monoisotopic (exact) mass is 493 g/mol. The first kappa shape index (κ1) is 23.6. The average molecular weight is 494 g/mol. The Hall–Kier alpha value is -3.53. The van der Waals surface area contributed by atoms with Gasteiger partial charge in [-0.15, -0.1) is 0 Å². The summed E-state index contributed by atoms with van der Waals surface area (Å²) in [6, 6.07) is 25.8. The first-order valence-electron chi connectivity index (χ1n) is 10.4. The highest BCUT2D eigenvalue weighted by atomic mass is 32.2. The van der Waals surface area contributed by atoms with E-state index in [1.165, 1.54) is 24.3 Å².